The molecule has 1 aromatic heterocycles. The number of anilines is 1. The van der Waals surface area contributed by atoms with Crippen LogP contribution in [0.1, 0.15) is 39.3 Å². The molecule has 3 aliphatic heterocycles. The topological polar surface area (TPSA) is 74.6 Å². The van der Waals surface area contributed by atoms with E-state index in [9.17, 15) is 9.59 Å². The van der Waals surface area contributed by atoms with Crippen LogP contribution >= 0.6 is 0 Å². The van der Waals surface area contributed by atoms with Gasteiger partial charge >= 0.3 is 0 Å². The fourth-order valence-corrected chi connectivity index (χ4v) is 3.87. The van der Waals surface area contributed by atoms with Crippen molar-refractivity contribution in [2.75, 3.05) is 25.0 Å². The Morgan fingerprint density at radius 1 is 1.15 bits per heavy atom. The molecule has 0 saturated carbocycles. The first-order valence-electron chi connectivity index (χ1n) is 9.09. The number of aryl methyl sites for hydroxylation is 1. The van der Waals surface area contributed by atoms with Crippen molar-refractivity contribution in [3.05, 3.63) is 53.5 Å². The first-order valence-corrected chi connectivity index (χ1v) is 9.09. The molecule has 2 aromatic rings. The van der Waals surface area contributed by atoms with Crippen LogP contribution in [0, 0.1) is 12.8 Å². The Morgan fingerprint density at radius 3 is 2.62 bits per heavy atom. The average Bonchev–Trinajstić information content (AvgIpc) is 3.19. The lowest BCUT2D eigenvalue weighted by molar-refractivity contribution is 0.0620. The van der Waals surface area contributed by atoms with Crippen LogP contribution in [0.3, 0.4) is 0 Å². The molecule has 0 unspecified atom stereocenters. The highest BCUT2D eigenvalue weighted by molar-refractivity contribution is 6.04. The number of hydrogen-bond acceptors (Lipinski definition) is 4. The quantitative estimate of drug-likeness (QED) is 0.886. The van der Waals surface area contributed by atoms with Gasteiger partial charge < -0.3 is 20.0 Å². The summed E-state index contributed by atoms with van der Waals surface area (Å²) in [7, 11) is 0. The van der Waals surface area contributed by atoms with Gasteiger partial charge in [-0.3, -0.25) is 9.59 Å². The maximum absolute atomic E-state index is 12.7. The summed E-state index contributed by atoms with van der Waals surface area (Å²) in [5.41, 5.74) is 2.07. The summed E-state index contributed by atoms with van der Waals surface area (Å²) in [6.45, 7) is 5.12. The Kier molecular flexibility index (Phi) is 4.51. The Bertz CT molecular complexity index is 808. The molecule has 26 heavy (non-hydrogen) atoms. The van der Waals surface area contributed by atoms with Crippen molar-refractivity contribution in [1.29, 1.82) is 0 Å². The fraction of sp³-hybridized carbons (Fsp3) is 0.400. The van der Waals surface area contributed by atoms with Crippen LogP contribution in [0.5, 0.6) is 0 Å². The highest BCUT2D eigenvalue weighted by Gasteiger charge is 2.34. The molecule has 3 aliphatic rings. The molecule has 3 saturated heterocycles. The largest absolute Gasteiger partial charge is 0.459 e. The van der Waals surface area contributed by atoms with Crippen LogP contribution < -0.4 is 10.6 Å². The molecule has 136 valence electrons. The van der Waals surface area contributed by atoms with Crippen LogP contribution in [0.25, 0.3) is 0 Å². The molecular formula is C20H23N3O3. The van der Waals surface area contributed by atoms with Crippen LogP contribution in [0.4, 0.5) is 5.69 Å². The predicted octanol–water partition coefficient (Wildman–Crippen LogP) is 2.66. The normalized spacial score (nSPS) is 24.3. The molecule has 6 nitrogen and oxygen atoms in total. The molecule has 0 radical (unpaired) electrons. The summed E-state index contributed by atoms with van der Waals surface area (Å²) in [6, 6.07) is 8.87. The number of furan rings is 1. The van der Waals surface area contributed by atoms with E-state index in [2.05, 4.69) is 15.5 Å². The highest BCUT2D eigenvalue weighted by atomic mass is 16.3. The zero-order chi connectivity index (χ0) is 18.1. The Morgan fingerprint density at radius 2 is 1.96 bits per heavy atom. The van der Waals surface area contributed by atoms with E-state index in [0.717, 1.165) is 38.0 Å². The average molecular weight is 353 g/mol. The van der Waals surface area contributed by atoms with Crippen molar-refractivity contribution in [2.24, 2.45) is 5.92 Å². The third-order valence-corrected chi connectivity index (χ3v) is 5.47. The van der Waals surface area contributed by atoms with Crippen LogP contribution in [-0.4, -0.2) is 42.4 Å². The van der Waals surface area contributed by atoms with Gasteiger partial charge in [0.1, 0.15) is 0 Å². The maximum Gasteiger partial charge on any atom is 0.291 e. The van der Waals surface area contributed by atoms with Gasteiger partial charge in [0.05, 0.1) is 6.26 Å². The van der Waals surface area contributed by atoms with Gasteiger partial charge in [0.15, 0.2) is 5.76 Å². The van der Waals surface area contributed by atoms with E-state index < -0.39 is 0 Å². The van der Waals surface area contributed by atoms with Crippen molar-refractivity contribution in [3.63, 3.8) is 0 Å². The lowest BCUT2D eigenvalue weighted by Gasteiger charge is -2.44. The number of nitrogens with one attached hydrogen (secondary N) is 2. The standard InChI is InChI=1S/C20H23N3O3/c1-13-4-5-15(11-16(13)21-20(25)18-3-2-10-26-18)19(24)22-17-12-23-8-6-14(17)7-9-23/h2-5,10-11,14,17H,6-9,12H2,1H3,(H,21,25)(H,22,24)/t17-/m1/s1. The van der Waals surface area contributed by atoms with E-state index in [1.165, 1.54) is 6.26 Å². The lowest BCUT2D eigenvalue weighted by Crippen LogP contribution is -2.57. The Balaban J connectivity index is 1.46. The Labute approximate surface area is 152 Å². The van der Waals surface area contributed by atoms with Crippen molar-refractivity contribution in [3.8, 4) is 0 Å². The highest BCUT2D eigenvalue weighted by Crippen LogP contribution is 2.28. The van der Waals surface area contributed by atoms with Gasteiger partial charge in [0.2, 0.25) is 0 Å². The summed E-state index contributed by atoms with van der Waals surface area (Å²) in [5.74, 6) is 0.407. The van der Waals surface area contributed by atoms with Crippen LogP contribution in [-0.2, 0) is 0 Å². The molecule has 1 atom stereocenters. The van der Waals surface area contributed by atoms with Gasteiger partial charge in [-0.1, -0.05) is 6.07 Å². The molecule has 3 fully saturated rings. The van der Waals surface area contributed by atoms with Gasteiger partial charge in [-0.2, -0.15) is 0 Å². The molecule has 5 rings (SSSR count). The summed E-state index contributed by atoms with van der Waals surface area (Å²) >= 11 is 0. The molecule has 2 N–H and O–H groups in total. The van der Waals surface area contributed by atoms with Gasteiger partial charge in [0, 0.05) is 23.8 Å². The minimum absolute atomic E-state index is 0.0859. The van der Waals surface area contributed by atoms with Crippen molar-refractivity contribution < 1.29 is 14.0 Å². The number of benzene rings is 1. The van der Waals surface area contributed by atoms with E-state index in [0.29, 0.717) is 17.2 Å². The SMILES string of the molecule is Cc1ccc(C(=O)N[C@@H]2CN3CCC2CC3)cc1NC(=O)c1ccco1. The second-order valence-electron chi connectivity index (χ2n) is 7.18. The van der Waals surface area contributed by atoms with E-state index in [1.807, 2.05) is 13.0 Å². The van der Waals surface area contributed by atoms with Gasteiger partial charge in [-0.05, 0) is 68.6 Å². The zero-order valence-electron chi connectivity index (χ0n) is 14.8. The minimum atomic E-state index is -0.326. The molecule has 2 amide bonds. The number of carbonyl (C=O) groups excluding carboxylic acids is 2. The van der Waals surface area contributed by atoms with Crippen LogP contribution in [0.15, 0.2) is 41.0 Å². The molecule has 6 heteroatoms. The summed E-state index contributed by atoms with van der Waals surface area (Å²) in [4.78, 5) is 27.3. The lowest BCUT2D eigenvalue weighted by atomic mass is 9.84. The number of piperidine rings is 3. The van der Waals surface area contributed by atoms with Crippen molar-refractivity contribution in [1.82, 2.24) is 10.2 Å². The van der Waals surface area contributed by atoms with Gasteiger partial charge in [-0.15, -0.1) is 0 Å². The van der Waals surface area contributed by atoms with E-state index in [-0.39, 0.29) is 23.6 Å². The maximum atomic E-state index is 12.7. The third-order valence-electron chi connectivity index (χ3n) is 5.47. The predicted molar refractivity (Wildman–Crippen MR) is 98.3 cm³/mol. The number of amides is 2. The molecule has 1 aromatic carbocycles. The summed E-state index contributed by atoms with van der Waals surface area (Å²) in [5, 5.41) is 6.00. The van der Waals surface area contributed by atoms with E-state index in [4.69, 9.17) is 4.42 Å². The third kappa shape index (κ3) is 3.37. The summed E-state index contributed by atoms with van der Waals surface area (Å²) in [6.07, 6.45) is 3.77. The van der Waals surface area contributed by atoms with Crippen molar-refractivity contribution in [2.45, 2.75) is 25.8 Å². The first-order chi connectivity index (χ1) is 12.6. The monoisotopic (exact) mass is 353 g/mol. The van der Waals surface area contributed by atoms with Gasteiger partial charge in [-0.25, -0.2) is 0 Å². The molecule has 0 spiro atoms. The van der Waals surface area contributed by atoms with Gasteiger partial charge in [0.25, 0.3) is 11.8 Å². The second kappa shape index (κ2) is 6.96. The number of nitrogens with zero attached hydrogens (tertiary/aromatic N) is 1. The fourth-order valence-electron chi connectivity index (χ4n) is 3.87. The number of fused-ring (bicyclic) bond motifs is 3. The van der Waals surface area contributed by atoms with E-state index in [1.54, 1.807) is 24.3 Å². The number of rotatable bonds is 4. The minimum Gasteiger partial charge on any atom is -0.459 e. The number of hydrogen-bond donors (Lipinski definition) is 2. The van der Waals surface area contributed by atoms with E-state index >= 15 is 0 Å². The second-order valence-corrected chi connectivity index (χ2v) is 7.18. The van der Waals surface area contributed by atoms with Crippen LogP contribution in [0.2, 0.25) is 0 Å². The molecular weight excluding hydrogens is 330 g/mol. The number of carbonyl (C=O) groups is 2. The zero-order valence-corrected chi connectivity index (χ0v) is 14.8. The Hall–Kier alpha value is -2.60. The van der Waals surface area contributed by atoms with Crippen molar-refractivity contribution >= 4 is 17.5 Å². The molecule has 2 bridgehead atoms. The first kappa shape index (κ1) is 16.8. The summed E-state index contributed by atoms with van der Waals surface area (Å²) < 4.78 is 5.12. The molecule has 4 heterocycles. The molecule has 0 aliphatic carbocycles. The smallest absolute Gasteiger partial charge is 0.291 e.